The fraction of sp³-hybridized carbons (Fsp3) is 0.292. The SMILES string of the molecule is Cc1nc(OCCCc2cccc(O)c2)nc(C)c1C(=O)N[C@@H](CNC(=O)c1cccs1)C(=O)O. The highest BCUT2D eigenvalue weighted by Crippen LogP contribution is 2.16. The third kappa shape index (κ3) is 7.24. The average molecular weight is 499 g/mol. The summed E-state index contributed by atoms with van der Waals surface area (Å²) >= 11 is 1.23. The van der Waals surface area contributed by atoms with Gasteiger partial charge in [-0.3, -0.25) is 9.59 Å². The second-order valence-corrected chi connectivity index (χ2v) is 8.67. The maximum atomic E-state index is 12.8. The molecule has 2 amide bonds. The van der Waals surface area contributed by atoms with Crippen molar-refractivity contribution in [1.82, 2.24) is 20.6 Å². The Labute approximate surface area is 206 Å². The zero-order valence-corrected chi connectivity index (χ0v) is 20.1. The number of aliphatic carboxylic acids is 1. The van der Waals surface area contributed by atoms with Gasteiger partial charge in [0.1, 0.15) is 11.8 Å². The molecule has 0 spiro atoms. The summed E-state index contributed by atoms with van der Waals surface area (Å²) in [6.07, 6.45) is 1.37. The van der Waals surface area contributed by atoms with E-state index in [1.807, 2.05) is 6.07 Å². The number of aromatic hydroxyl groups is 1. The van der Waals surface area contributed by atoms with Crippen LogP contribution in [-0.2, 0) is 11.2 Å². The minimum Gasteiger partial charge on any atom is -0.508 e. The highest BCUT2D eigenvalue weighted by Gasteiger charge is 2.25. The molecule has 0 radical (unpaired) electrons. The molecule has 184 valence electrons. The van der Waals surface area contributed by atoms with Crippen LogP contribution in [0.4, 0.5) is 0 Å². The minimum absolute atomic E-state index is 0.116. The summed E-state index contributed by atoms with van der Waals surface area (Å²) in [6.45, 7) is 3.28. The summed E-state index contributed by atoms with van der Waals surface area (Å²) in [6, 6.07) is 9.10. The Morgan fingerprint density at radius 2 is 1.83 bits per heavy atom. The Hall–Kier alpha value is -3.99. The largest absolute Gasteiger partial charge is 0.508 e. The summed E-state index contributed by atoms with van der Waals surface area (Å²) in [5, 5.41) is 25.7. The fourth-order valence-corrected chi connectivity index (χ4v) is 3.99. The predicted molar refractivity (Wildman–Crippen MR) is 129 cm³/mol. The third-order valence-corrected chi connectivity index (χ3v) is 5.91. The molecule has 2 heterocycles. The van der Waals surface area contributed by atoms with Gasteiger partial charge in [0.05, 0.1) is 28.4 Å². The molecule has 0 saturated carbocycles. The smallest absolute Gasteiger partial charge is 0.328 e. The van der Waals surface area contributed by atoms with Gasteiger partial charge in [-0.05, 0) is 55.8 Å². The molecule has 1 aromatic carbocycles. The number of carbonyl (C=O) groups is 3. The van der Waals surface area contributed by atoms with Gasteiger partial charge in [-0.25, -0.2) is 4.79 Å². The molecule has 35 heavy (non-hydrogen) atoms. The van der Waals surface area contributed by atoms with Crippen LogP contribution in [0.15, 0.2) is 41.8 Å². The second-order valence-electron chi connectivity index (χ2n) is 7.73. The summed E-state index contributed by atoms with van der Waals surface area (Å²) in [5.41, 5.74) is 1.80. The van der Waals surface area contributed by atoms with Crippen molar-refractivity contribution in [2.24, 2.45) is 0 Å². The van der Waals surface area contributed by atoms with E-state index in [9.17, 15) is 24.6 Å². The van der Waals surface area contributed by atoms with Crippen molar-refractivity contribution in [3.8, 4) is 11.8 Å². The number of carbonyl (C=O) groups excluding carboxylic acids is 2. The van der Waals surface area contributed by atoms with E-state index in [4.69, 9.17) is 4.74 Å². The lowest BCUT2D eigenvalue weighted by Crippen LogP contribution is -2.48. The van der Waals surface area contributed by atoms with E-state index < -0.39 is 23.8 Å². The van der Waals surface area contributed by atoms with E-state index in [0.29, 0.717) is 35.7 Å². The van der Waals surface area contributed by atoms with Gasteiger partial charge >= 0.3 is 12.0 Å². The van der Waals surface area contributed by atoms with Crippen molar-refractivity contribution in [3.05, 3.63) is 69.2 Å². The molecule has 0 aliphatic carbocycles. The lowest BCUT2D eigenvalue weighted by molar-refractivity contribution is -0.139. The number of aryl methyl sites for hydroxylation is 3. The number of phenols is 1. The molecule has 4 N–H and O–H groups in total. The van der Waals surface area contributed by atoms with Crippen molar-refractivity contribution in [1.29, 1.82) is 0 Å². The maximum Gasteiger partial charge on any atom is 0.328 e. The Morgan fingerprint density at radius 1 is 1.09 bits per heavy atom. The van der Waals surface area contributed by atoms with E-state index in [2.05, 4.69) is 20.6 Å². The predicted octanol–water partition coefficient (Wildman–Crippen LogP) is 2.49. The molecule has 0 bridgehead atoms. The van der Waals surface area contributed by atoms with Crippen LogP contribution in [0.5, 0.6) is 11.8 Å². The third-order valence-electron chi connectivity index (χ3n) is 5.04. The van der Waals surface area contributed by atoms with Crippen molar-refractivity contribution >= 4 is 29.1 Å². The lowest BCUT2D eigenvalue weighted by Gasteiger charge is -2.17. The number of benzene rings is 1. The molecule has 1 atom stereocenters. The molecule has 0 fully saturated rings. The van der Waals surface area contributed by atoms with E-state index in [-0.39, 0.29) is 23.9 Å². The Morgan fingerprint density at radius 3 is 2.46 bits per heavy atom. The van der Waals surface area contributed by atoms with E-state index in [1.54, 1.807) is 49.6 Å². The Bertz CT molecular complexity index is 1180. The molecular weight excluding hydrogens is 472 g/mol. The summed E-state index contributed by atoms with van der Waals surface area (Å²) in [5.74, 6) is -2.15. The molecule has 0 saturated heterocycles. The fourth-order valence-electron chi connectivity index (χ4n) is 3.35. The number of carboxylic acids is 1. The maximum absolute atomic E-state index is 12.8. The first-order chi connectivity index (χ1) is 16.7. The number of carboxylic acid groups (broad SMARTS) is 1. The minimum atomic E-state index is -1.33. The van der Waals surface area contributed by atoms with Crippen molar-refractivity contribution < 1.29 is 29.3 Å². The van der Waals surface area contributed by atoms with Gasteiger partial charge in [-0.2, -0.15) is 9.97 Å². The number of hydrogen-bond acceptors (Lipinski definition) is 8. The van der Waals surface area contributed by atoms with Crippen LogP contribution in [0.25, 0.3) is 0 Å². The second kappa shape index (κ2) is 11.9. The summed E-state index contributed by atoms with van der Waals surface area (Å²) < 4.78 is 5.62. The van der Waals surface area contributed by atoms with Crippen LogP contribution in [0.3, 0.4) is 0 Å². The molecule has 0 aliphatic rings. The monoisotopic (exact) mass is 498 g/mol. The number of ether oxygens (including phenoxy) is 1. The van der Waals surface area contributed by atoms with Gasteiger partial charge in [-0.15, -0.1) is 11.3 Å². The number of aromatic nitrogens is 2. The Kier molecular flexibility index (Phi) is 8.74. The zero-order chi connectivity index (χ0) is 25.4. The molecular formula is C24H26N4O6S. The first kappa shape index (κ1) is 25.6. The van der Waals surface area contributed by atoms with Crippen LogP contribution in [0, 0.1) is 13.8 Å². The quantitative estimate of drug-likeness (QED) is 0.294. The number of rotatable bonds is 11. The number of hydrogen-bond donors (Lipinski definition) is 4. The van der Waals surface area contributed by atoms with Crippen molar-refractivity contribution in [2.75, 3.05) is 13.2 Å². The molecule has 11 heteroatoms. The first-order valence-electron chi connectivity index (χ1n) is 10.9. The van der Waals surface area contributed by atoms with Gasteiger partial charge in [0.15, 0.2) is 0 Å². The standard InChI is InChI=1S/C24H26N4O6S/c1-14-20(22(31)28-18(23(32)33)13-25-21(30)19-9-5-11-35-19)15(2)27-24(26-14)34-10-4-7-16-6-3-8-17(29)12-16/h3,5-6,8-9,11-12,18,29H,4,7,10,13H2,1-2H3,(H,25,30)(H,28,31)(H,32,33)/t18-/m0/s1. The molecule has 0 unspecified atom stereocenters. The van der Waals surface area contributed by atoms with E-state index in [1.165, 1.54) is 11.3 Å². The van der Waals surface area contributed by atoms with Crippen LogP contribution in [0.2, 0.25) is 0 Å². The van der Waals surface area contributed by atoms with E-state index >= 15 is 0 Å². The average Bonchev–Trinajstić information content (AvgIpc) is 3.34. The van der Waals surface area contributed by atoms with Crippen molar-refractivity contribution in [2.45, 2.75) is 32.7 Å². The van der Waals surface area contributed by atoms with Gasteiger partial charge < -0.3 is 25.6 Å². The molecule has 0 aliphatic heterocycles. The zero-order valence-electron chi connectivity index (χ0n) is 19.3. The van der Waals surface area contributed by atoms with Crippen LogP contribution in [0.1, 0.15) is 43.4 Å². The normalized spacial score (nSPS) is 11.5. The molecule has 10 nitrogen and oxygen atoms in total. The van der Waals surface area contributed by atoms with Crippen LogP contribution < -0.4 is 15.4 Å². The van der Waals surface area contributed by atoms with Crippen LogP contribution >= 0.6 is 11.3 Å². The van der Waals surface area contributed by atoms with Gasteiger partial charge in [0.25, 0.3) is 11.8 Å². The highest BCUT2D eigenvalue weighted by molar-refractivity contribution is 7.12. The van der Waals surface area contributed by atoms with Crippen molar-refractivity contribution in [3.63, 3.8) is 0 Å². The molecule has 3 aromatic rings. The number of amides is 2. The number of nitrogens with zero attached hydrogens (tertiary/aromatic N) is 2. The van der Waals surface area contributed by atoms with Gasteiger partial charge in [0.2, 0.25) is 0 Å². The summed E-state index contributed by atoms with van der Waals surface area (Å²) in [7, 11) is 0. The van der Waals surface area contributed by atoms with Gasteiger partial charge in [0, 0.05) is 6.54 Å². The summed E-state index contributed by atoms with van der Waals surface area (Å²) in [4.78, 5) is 45.4. The Balaban J connectivity index is 1.57. The first-order valence-corrected chi connectivity index (χ1v) is 11.7. The van der Waals surface area contributed by atoms with Crippen LogP contribution in [-0.4, -0.2) is 57.2 Å². The molecule has 2 aromatic heterocycles. The topological polar surface area (TPSA) is 151 Å². The highest BCUT2D eigenvalue weighted by atomic mass is 32.1. The lowest BCUT2D eigenvalue weighted by atomic mass is 10.1. The molecule has 3 rings (SSSR count). The number of phenolic OH excluding ortho intramolecular Hbond substituents is 1. The van der Waals surface area contributed by atoms with Gasteiger partial charge in [-0.1, -0.05) is 18.2 Å². The number of thiophene rings is 1. The van der Waals surface area contributed by atoms with E-state index in [0.717, 1.165) is 5.56 Å². The number of nitrogens with one attached hydrogen (secondary N) is 2.